The van der Waals surface area contributed by atoms with Crippen LogP contribution in [-0.2, 0) is 20.7 Å². The van der Waals surface area contributed by atoms with Crippen molar-refractivity contribution in [3.63, 3.8) is 0 Å². The zero-order valence-corrected chi connectivity index (χ0v) is 18.4. The largest absolute Gasteiger partial charge is 0.493 e. The molecule has 0 bridgehead atoms. The molecule has 3 N–H and O–H groups in total. The first-order chi connectivity index (χ1) is 14.1. The smallest absolute Gasteiger partial charge is 0.408 e. The molecule has 0 unspecified atom stereocenters. The number of rotatable bonds is 11. The normalized spacial score (nSPS) is 10.7. The van der Waals surface area contributed by atoms with Crippen LogP contribution in [0.5, 0.6) is 11.5 Å². The highest BCUT2D eigenvalue weighted by Crippen LogP contribution is 2.27. The van der Waals surface area contributed by atoms with Crippen molar-refractivity contribution in [3.05, 3.63) is 23.8 Å². The van der Waals surface area contributed by atoms with Crippen LogP contribution in [0.2, 0.25) is 0 Å². The Labute approximate surface area is 177 Å². The molecule has 9 heteroatoms. The van der Waals surface area contributed by atoms with Crippen molar-refractivity contribution < 1.29 is 28.6 Å². The topological polar surface area (TPSA) is 115 Å². The van der Waals surface area contributed by atoms with Gasteiger partial charge in [-0.2, -0.15) is 0 Å². The molecule has 0 aliphatic carbocycles. The van der Waals surface area contributed by atoms with Gasteiger partial charge in [-0.3, -0.25) is 9.59 Å². The predicted octanol–water partition coefficient (Wildman–Crippen LogP) is 1.78. The van der Waals surface area contributed by atoms with Crippen molar-refractivity contribution in [3.8, 4) is 11.5 Å². The third-order valence-corrected chi connectivity index (χ3v) is 3.88. The average molecular weight is 424 g/mol. The van der Waals surface area contributed by atoms with E-state index in [-0.39, 0.29) is 18.4 Å². The Bertz CT molecular complexity index is 715. The number of nitrogens with one attached hydrogen (secondary N) is 3. The average Bonchev–Trinajstić information content (AvgIpc) is 2.68. The minimum absolute atomic E-state index is 0.0669. The minimum Gasteiger partial charge on any atom is -0.493 e. The van der Waals surface area contributed by atoms with Crippen LogP contribution in [0.25, 0.3) is 0 Å². The minimum atomic E-state index is -0.639. The first kappa shape index (κ1) is 25.1. The lowest BCUT2D eigenvalue weighted by atomic mass is 10.1. The molecule has 1 aromatic rings. The van der Waals surface area contributed by atoms with Crippen LogP contribution in [0.4, 0.5) is 4.79 Å². The summed E-state index contributed by atoms with van der Waals surface area (Å²) in [5.74, 6) is 0.893. The predicted molar refractivity (Wildman–Crippen MR) is 113 cm³/mol. The molecule has 0 atom stereocenters. The molecule has 0 saturated carbocycles. The molecule has 0 spiro atoms. The fourth-order valence-corrected chi connectivity index (χ4v) is 2.46. The first-order valence-corrected chi connectivity index (χ1v) is 9.85. The molecule has 3 amide bonds. The number of benzene rings is 1. The quantitative estimate of drug-likeness (QED) is 0.468. The highest BCUT2D eigenvalue weighted by molar-refractivity contribution is 5.82. The summed E-state index contributed by atoms with van der Waals surface area (Å²) in [6.07, 6.45) is 0.876. The van der Waals surface area contributed by atoms with E-state index in [9.17, 15) is 14.4 Å². The summed E-state index contributed by atoms with van der Waals surface area (Å²) in [5.41, 5.74) is 0.366. The molecule has 0 aliphatic heterocycles. The number of methoxy groups -OCH3 is 2. The molecule has 1 aromatic carbocycles. The molecule has 0 aromatic heterocycles. The van der Waals surface area contributed by atoms with E-state index < -0.39 is 11.7 Å². The molecule has 1 rings (SSSR count). The van der Waals surface area contributed by atoms with Gasteiger partial charge in [0.05, 0.1) is 20.8 Å². The number of hydrogen-bond donors (Lipinski definition) is 3. The maximum atomic E-state index is 12.0. The van der Waals surface area contributed by atoms with E-state index in [1.807, 2.05) is 18.2 Å². The maximum absolute atomic E-state index is 12.0. The van der Waals surface area contributed by atoms with Crippen molar-refractivity contribution in [2.24, 2.45) is 0 Å². The molecule has 0 saturated heterocycles. The van der Waals surface area contributed by atoms with Gasteiger partial charge >= 0.3 is 6.09 Å². The summed E-state index contributed by atoms with van der Waals surface area (Å²) in [6, 6.07) is 5.56. The van der Waals surface area contributed by atoms with Gasteiger partial charge in [-0.05, 0) is 51.3 Å². The van der Waals surface area contributed by atoms with Crippen LogP contribution in [0.1, 0.15) is 39.2 Å². The Hall–Kier alpha value is -2.97. The molecular weight excluding hydrogens is 390 g/mol. The highest BCUT2D eigenvalue weighted by Gasteiger charge is 2.16. The summed E-state index contributed by atoms with van der Waals surface area (Å²) >= 11 is 0. The number of amides is 3. The first-order valence-electron chi connectivity index (χ1n) is 9.85. The second-order valence-electron chi connectivity index (χ2n) is 7.60. The van der Waals surface area contributed by atoms with Crippen LogP contribution in [0, 0.1) is 0 Å². The Kier molecular flexibility index (Phi) is 10.5. The summed E-state index contributed by atoms with van der Waals surface area (Å²) in [4.78, 5) is 35.1. The van der Waals surface area contributed by atoms with Crippen LogP contribution in [-0.4, -0.2) is 57.4 Å². The van der Waals surface area contributed by atoms with Crippen molar-refractivity contribution in [1.29, 1.82) is 0 Å². The van der Waals surface area contributed by atoms with Gasteiger partial charge < -0.3 is 30.2 Å². The van der Waals surface area contributed by atoms with Gasteiger partial charge in [0.15, 0.2) is 11.5 Å². The van der Waals surface area contributed by atoms with Gasteiger partial charge in [0.1, 0.15) is 5.60 Å². The van der Waals surface area contributed by atoms with Gasteiger partial charge in [0.25, 0.3) is 0 Å². The van der Waals surface area contributed by atoms with Crippen molar-refractivity contribution in [1.82, 2.24) is 16.0 Å². The van der Waals surface area contributed by atoms with Crippen LogP contribution < -0.4 is 25.4 Å². The maximum Gasteiger partial charge on any atom is 0.408 e. The number of alkyl carbamates (subject to hydrolysis) is 1. The zero-order valence-electron chi connectivity index (χ0n) is 18.4. The highest BCUT2D eigenvalue weighted by atomic mass is 16.6. The lowest BCUT2D eigenvalue weighted by Crippen LogP contribution is -2.40. The molecule has 30 heavy (non-hydrogen) atoms. The Balaban J connectivity index is 2.16. The standard InChI is InChI=1S/C21H33N3O6/c1-21(2,3)30-20(27)24-14-19(26)23-12-6-11-22-18(25)10-8-15-7-9-16(28-4)17(13-15)29-5/h7,9,13H,6,8,10-12,14H2,1-5H3,(H,22,25)(H,23,26)(H,24,27). The van der Waals surface area contributed by atoms with E-state index in [2.05, 4.69) is 16.0 Å². The van der Waals surface area contributed by atoms with Crippen LogP contribution >= 0.6 is 0 Å². The van der Waals surface area contributed by atoms with Gasteiger partial charge in [0, 0.05) is 19.5 Å². The summed E-state index contributed by atoms with van der Waals surface area (Å²) in [7, 11) is 3.14. The number of hydrogen-bond acceptors (Lipinski definition) is 6. The van der Waals surface area contributed by atoms with E-state index in [1.165, 1.54) is 0 Å². The third kappa shape index (κ3) is 10.5. The van der Waals surface area contributed by atoms with E-state index in [4.69, 9.17) is 14.2 Å². The Morgan fingerprint density at radius 1 is 0.900 bits per heavy atom. The Morgan fingerprint density at radius 3 is 2.13 bits per heavy atom. The summed E-state index contributed by atoms with van der Waals surface area (Å²) in [6.45, 7) is 5.92. The van der Waals surface area contributed by atoms with Gasteiger partial charge in [-0.25, -0.2) is 4.79 Å². The SMILES string of the molecule is COc1ccc(CCC(=O)NCCCNC(=O)CNC(=O)OC(C)(C)C)cc1OC. The van der Waals surface area contributed by atoms with Crippen molar-refractivity contribution >= 4 is 17.9 Å². The molecule has 9 nitrogen and oxygen atoms in total. The van der Waals surface area contributed by atoms with Gasteiger partial charge in [-0.15, -0.1) is 0 Å². The van der Waals surface area contributed by atoms with E-state index >= 15 is 0 Å². The lowest BCUT2D eigenvalue weighted by Gasteiger charge is -2.19. The summed E-state index contributed by atoms with van der Waals surface area (Å²) in [5, 5.41) is 7.87. The molecule has 168 valence electrons. The fourth-order valence-electron chi connectivity index (χ4n) is 2.46. The second kappa shape index (κ2) is 12.6. The van der Waals surface area contributed by atoms with Gasteiger partial charge in [-0.1, -0.05) is 6.07 Å². The van der Waals surface area contributed by atoms with E-state index in [0.29, 0.717) is 43.9 Å². The second-order valence-corrected chi connectivity index (χ2v) is 7.60. The van der Waals surface area contributed by atoms with E-state index in [1.54, 1.807) is 35.0 Å². The van der Waals surface area contributed by atoms with E-state index in [0.717, 1.165) is 5.56 Å². The number of carbonyl (C=O) groups is 3. The van der Waals surface area contributed by atoms with Crippen molar-refractivity contribution in [2.75, 3.05) is 33.9 Å². The van der Waals surface area contributed by atoms with Crippen LogP contribution in [0.3, 0.4) is 0 Å². The third-order valence-electron chi connectivity index (χ3n) is 3.88. The molecular formula is C21H33N3O6. The summed E-state index contributed by atoms with van der Waals surface area (Å²) < 4.78 is 15.5. The lowest BCUT2D eigenvalue weighted by molar-refractivity contribution is -0.121. The number of carbonyl (C=O) groups excluding carboxylic acids is 3. The zero-order chi connectivity index (χ0) is 22.6. The van der Waals surface area contributed by atoms with Gasteiger partial charge in [0.2, 0.25) is 11.8 Å². The molecule has 0 radical (unpaired) electrons. The molecule has 0 heterocycles. The number of ether oxygens (including phenoxy) is 3. The molecule has 0 aliphatic rings. The molecule has 0 fully saturated rings. The fraction of sp³-hybridized carbons (Fsp3) is 0.571. The van der Waals surface area contributed by atoms with Crippen LogP contribution in [0.15, 0.2) is 18.2 Å². The monoisotopic (exact) mass is 423 g/mol. The Morgan fingerprint density at radius 2 is 1.53 bits per heavy atom. The number of aryl methyl sites for hydroxylation is 1. The van der Waals surface area contributed by atoms with Crippen molar-refractivity contribution in [2.45, 2.75) is 45.6 Å².